The van der Waals surface area contributed by atoms with Crippen LogP contribution >= 0.6 is 0 Å². The van der Waals surface area contributed by atoms with Crippen molar-refractivity contribution >= 4 is 0 Å². The number of rotatable bonds is 7. The van der Waals surface area contributed by atoms with Gasteiger partial charge in [-0.25, -0.2) is 0 Å². The lowest BCUT2D eigenvalue weighted by Gasteiger charge is -2.35. The van der Waals surface area contributed by atoms with Crippen molar-refractivity contribution in [3.63, 3.8) is 0 Å². The summed E-state index contributed by atoms with van der Waals surface area (Å²) in [5.74, 6) is 0. The zero-order valence-electron chi connectivity index (χ0n) is 13.0. The SMILES string of the molecule is CC(CC(C)(CO)NC1CC1)N1CCC(N(C)C)C1. The van der Waals surface area contributed by atoms with Crippen LogP contribution < -0.4 is 5.32 Å². The van der Waals surface area contributed by atoms with Crippen LogP contribution in [0.4, 0.5) is 0 Å². The van der Waals surface area contributed by atoms with Crippen LogP contribution in [0.5, 0.6) is 0 Å². The second-order valence-electron chi connectivity index (χ2n) is 7.09. The zero-order chi connectivity index (χ0) is 14.0. The molecule has 0 radical (unpaired) electrons. The molecule has 19 heavy (non-hydrogen) atoms. The Hall–Kier alpha value is -0.160. The number of nitrogens with one attached hydrogen (secondary N) is 1. The third kappa shape index (κ3) is 4.15. The summed E-state index contributed by atoms with van der Waals surface area (Å²) in [5.41, 5.74) is -0.114. The molecule has 4 heteroatoms. The molecule has 0 spiro atoms. The predicted octanol–water partition coefficient (Wildman–Crippen LogP) is 0.904. The van der Waals surface area contributed by atoms with Crippen molar-refractivity contribution in [3.05, 3.63) is 0 Å². The fourth-order valence-electron chi connectivity index (χ4n) is 3.26. The van der Waals surface area contributed by atoms with Gasteiger partial charge in [-0.3, -0.25) is 4.90 Å². The first kappa shape index (κ1) is 15.2. The van der Waals surface area contributed by atoms with E-state index in [4.69, 9.17) is 0 Å². The molecule has 4 nitrogen and oxygen atoms in total. The highest BCUT2D eigenvalue weighted by Crippen LogP contribution is 2.27. The molecular weight excluding hydrogens is 238 g/mol. The van der Waals surface area contributed by atoms with E-state index in [-0.39, 0.29) is 12.1 Å². The van der Waals surface area contributed by atoms with Crippen molar-refractivity contribution in [1.29, 1.82) is 0 Å². The van der Waals surface area contributed by atoms with E-state index < -0.39 is 0 Å². The van der Waals surface area contributed by atoms with E-state index in [0.29, 0.717) is 18.1 Å². The second kappa shape index (κ2) is 6.08. The van der Waals surface area contributed by atoms with Gasteiger partial charge >= 0.3 is 0 Å². The number of aliphatic hydroxyl groups is 1. The molecule has 1 heterocycles. The highest BCUT2D eigenvalue weighted by Gasteiger charge is 2.35. The zero-order valence-corrected chi connectivity index (χ0v) is 13.0. The third-order valence-electron chi connectivity index (χ3n) is 4.77. The van der Waals surface area contributed by atoms with Gasteiger partial charge in [-0.2, -0.15) is 0 Å². The molecule has 3 unspecified atom stereocenters. The van der Waals surface area contributed by atoms with Crippen molar-refractivity contribution in [2.24, 2.45) is 0 Å². The molecule has 0 aromatic rings. The number of likely N-dealkylation sites (tertiary alicyclic amines) is 1. The van der Waals surface area contributed by atoms with Crippen LogP contribution in [-0.2, 0) is 0 Å². The minimum absolute atomic E-state index is 0.114. The molecule has 2 rings (SSSR count). The minimum atomic E-state index is -0.114. The van der Waals surface area contributed by atoms with E-state index in [1.54, 1.807) is 0 Å². The summed E-state index contributed by atoms with van der Waals surface area (Å²) in [7, 11) is 4.34. The Morgan fingerprint density at radius 3 is 2.53 bits per heavy atom. The van der Waals surface area contributed by atoms with Crippen LogP contribution in [0.25, 0.3) is 0 Å². The molecule has 1 aliphatic carbocycles. The lowest BCUT2D eigenvalue weighted by atomic mass is 9.93. The van der Waals surface area contributed by atoms with Crippen LogP contribution in [0.3, 0.4) is 0 Å². The van der Waals surface area contributed by atoms with Gasteiger partial charge in [-0.1, -0.05) is 0 Å². The van der Waals surface area contributed by atoms with Gasteiger partial charge in [0.1, 0.15) is 0 Å². The van der Waals surface area contributed by atoms with E-state index in [1.165, 1.54) is 32.4 Å². The molecule has 1 saturated heterocycles. The number of likely N-dealkylation sites (N-methyl/N-ethyl adjacent to an activating group) is 1. The normalized spacial score (nSPS) is 29.7. The Labute approximate surface area is 118 Å². The number of hydrogen-bond acceptors (Lipinski definition) is 4. The third-order valence-corrected chi connectivity index (χ3v) is 4.77. The summed E-state index contributed by atoms with van der Waals surface area (Å²) in [6, 6.07) is 1.88. The van der Waals surface area contributed by atoms with Crippen molar-refractivity contribution < 1.29 is 5.11 Å². The summed E-state index contributed by atoms with van der Waals surface area (Å²) in [6.45, 7) is 7.06. The van der Waals surface area contributed by atoms with E-state index >= 15 is 0 Å². The number of nitrogens with zero attached hydrogens (tertiary/aromatic N) is 2. The Balaban J connectivity index is 1.83. The molecule has 112 valence electrons. The van der Waals surface area contributed by atoms with Crippen molar-refractivity contribution in [3.8, 4) is 0 Å². The van der Waals surface area contributed by atoms with Crippen molar-refractivity contribution in [2.75, 3.05) is 33.8 Å². The van der Waals surface area contributed by atoms with Crippen LogP contribution in [0.1, 0.15) is 39.5 Å². The van der Waals surface area contributed by atoms with Crippen LogP contribution in [-0.4, -0.2) is 72.4 Å². The average Bonchev–Trinajstić information content (AvgIpc) is 3.00. The van der Waals surface area contributed by atoms with Crippen LogP contribution in [0.2, 0.25) is 0 Å². The molecule has 2 N–H and O–H groups in total. The maximum absolute atomic E-state index is 9.70. The summed E-state index contributed by atoms with van der Waals surface area (Å²) in [5, 5.41) is 13.3. The van der Waals surface area contributed by atoms with E-state index in [0.717, 1.165) is 6.42 Å². The molecule has 2 fully saturated rings. The van der Waals surface area contributed by atoms with E-state index in [2.05, 4.69) is 43.1 Å². The molecule has 0 aromatic heterocycles. The Morgan fingerprint density at radius 1 is 1.37 bits per heavy atom. The van der Waals surface area contributed by atoms with Gasteiger partial charge in [0, 0.05) is 36.8 Å². The minimum Gasteiger partial charge on any atom is -0.394 e. The molecule has 3 atom stereocenters. The first-order valence-electron chi connectivity index (χ1n) is 7.72. The maximum Gasteiger partial charge on any atom is 0.0611 e. The Kier molecular flexibility index (Phi) is 4.88. The lowest BCUT2D eigenvalue weighted by Crippen LogP contribution is -2.51. The van der Waals surface area contributed by atoms with Crippen molar-refractivity contribution in [1.82, 2.24) is 15.1 Å². The monoisotopic (exact) mass is 269 g/mol. The van der Waals surface area contributed by atoms with E-state index in [1.807, 2.05) is 0 Å². The topological polar surface area (TPSA) is 38.7 Å². The van der Waals surface area contributed by atoms with Gasteiger partial charge in [-0.15, -0.1) is 0 Å². The summed E-state index contributed by atoms with van der Waals surface area (Å²) in [4.78, 5) is 4.91. The van der Waals surface area contributed by atoms with Crippen LogP contribution in [0.15, 0.2) is 0 Å². The molecule has 1 aliphatic heterocycles. The average molecular weight is 269 g/mol. The fourth-order valence-corrected chi connectivity index (χ4v) is 3.26. The lowest BCUT2D eigenvalue weighted by molar-refractivity contribution is 0.121. The first-order chi connectivity index (χ1) is 8.93. The van der Waals surface area contributed by atoms with Gasteiger partial charge in [0.2, 0.25) is 0 Å². The predicted molar refractivity (Wildman–Crippen MR) is 79.4 cm³/mol. The van der Waals surface area contributed by atoms with Gasteiger partial charge in [0.25, 0.3) is 0 Å². The first-order valence-corrected chi connectivity index (χ1v) is 7.72. The molecule has 2 aliphatic rings. The fraction of sp³-hybridized carbons (Fsp3) is 1.00. The smallest absolute Gasteiger partial charge is 0.0611 e. The molecule has 1 saturated carbocycles. The second-order valence-corrected chi connectivity index (χ2v) is 7.09. The molecule has 0 amide bonds. The summed E-state index contributed by atoms with van der Waals surface area (Å²) >= 11 is 0. The van der Waals surface area contributed by atoms with E-state index in [9.17, 15) is 5.11 Å². The molecule has 0 bridgehead atoms. The van der Waals surface area contributed by atoms with Gasteiger partial charge < -0.3 is 15.3 Å². The standard InChI is InChI=1S/C15H31N3O/c1-12(18-8-7-14(10-18)17(3)4)9-15(2,11-19)16-13-5-6-13/h12-14,16,19H,5-11H2,1-4H3. The maximum atomic E-state index is 9.70. The Morgan fingerprint density at radius 2 is 2.05 bits per heavy atom. The summed E-state index contributed by atoms with van der Waals surface area (Å²) in [6.07, 6.45) is 4.84. The van der Waals surface area contributed by atoms with Gasteiger partial charge in [0.05, 0.1) is 6.61 Å². The van der Waals surface area contributed by atoms with Crippen LogP contribution in [0, 0.1) is 0 Å². The quantitative estimate of drug-likeness (QED) is 0.720. The highest BCUT2D eigenvalue weighted by atomic mass is 16.3. The summed E-state index contributed by atoms with van der Waals surface area (Å²) < 4.78 is 0. The number of aliphatic hydroxyl groups excluding tert-OH is 1. The number of hydrogen-bond donors (Lipinski definition) is 2. The Bertz CT molecular complexity index is 293. The molecule has 0 aromatic carbocycles. The largest absolute Gasteiger partial charge is 0.394 e. The molecular formula is C15H31N3O. The van der Waals surface area contributed by atoms with Gasteiger partial charge in [0.15, 0.2) is 0 Å². The highest BCUT2D eigenvalue weighted by molar-refractivity contribution is 4.95. The van der Waals surface area contributed by atoms with Gasteiger partial charge in [-0.05, 0) is 53.6 Å². The van der Waals surface area contributed by atoms with Crippen molar-refractivity contribution in [2.45, 2.75) is 63.2 Å².